The highest BCUT2D eigenvalue weighted by atomic mass is 19.4. The van der Waals surface area contributed by atoms with Crippen LogP contribution in [0.15, 0.2) is 46.5 Å². The highest BCUT2D eigenvalue weighted by Gasteiger charge is 2.43. The number of amides is 1. The number of carbonyl (C=O) groups is 1. The molecule has 7 nitrogen and oxygen atoms in total. The molecule has 30 heavy (non-hydrogen) atoms. The van der Waals surface area contributed by atoms with Crippen LogP contribution in [-0.2, 0) is 11.2 Å². The monoisotopic (exact) mass is 424 g/mol. The van der Waals surface area contributed by atoms with Crippen LogP contribution in [0.1, 0.15) is 23.2 Å². The van der Waals surface area contributed by atoms with Gasteiger partial charge in [0, 0.05) is 25.7 Å². The lowest BCUT2D eigenvalue weighted by Gasteiger charge is -2.33. The van der Waals surface area contributed by atoms with Crippen molar-refractivity contribution in [2.45, 2.75) is 18.6 Å². The Kier molecular flexibility index (Phi) is 4.67. The SMILES string of the molecule is CN/C(=C(\O)C(=O)N1CCc2[nH]cnc2[C@@H]1c1cc2c(F)cccc2o1)C(F)(F)F. The van der Waals surface area contributed by atoms with E-state index in [1.807, 2.05) is 5.32 Å². The number of fused-ring (bicyclic) bond motifs is 2. The third-order valence-corrected chi connectivity index (χ3v) is 4.96. The summed E-state index contributed by atoms with van der Waals surface area (Å²) >= 11 is 0. The Bertz CT molecular complexity index is 1150. The van der Waals surface area contributed by atoms with E-state index in [0.29, 0.717) is 11.4 Å². The smallest absolute Gasteiger partial charge is 0.434 e. The minimum atomic E-state index is -4.96. The van der Waals surface area contributed by atoms with Crippen LogP contribution in [-0.4, -0.2) is 45.7 Å². The molecule has 0 bridgehead atoms. The van der Waals surface area contributed by atoms with Gasteiger partial charge in [-0.25, -0.2) is 9.37 Å². The van der Waals surface area contributed by atoms with E-state index in [1.165, 1.54) is 30.6 Å². The number of hydrogen-bond donors (Lipinski definition) is 3. The van der Waals surface area contributed by atoms with Crippen molar-refractivity contribution < 1.29 is 31.9 Å². The lowest BCUT2D eigenvalue weighted by Crippen LogP contribution is -2.43. The van der Waals surface area contributed by atoms with Gasteiger partial charge in [0.2, 0.25) is 5.76 Å². The van der Waals surface area contributed by atoms with Crippen LogP contribution in [0.5, 0.6) is 0 Å². The maximum atomic E-state index is 14.1. The number of carbonyl (C=O) groups excluding carboxylic acids is 1. The second-order valence-corrected chi connectivity index (χ2v) is 6.69. The summed E-state index contributed by atoms with van der Waals surface area (Å²) in [6.45, 7) is -0.0167. The van der Waals surface area contributed by atoms with Crippen molar-refractivity contribution in [3.05, 3.63) is 65.0 Å². The number of imidazole rings is 1. The van der Waals surface area contributed by atoms with Crippen molar-refractivity contribution in [2.24, 2.45) is 0 Å². The number of halogens is 4. The molecule has 0 saturated carbocycles. The Balaban J connectivity index is 1.83. The number of aromatic nitrogens is 2. The first-order valence-corrected chi connectivity index (χ1v) is 8.91. The van der Waals surface area contributed by atoms with Gasteiger partial charge in [-0.3, -0.25) is 4.79 Å². The normalized spacial score (nSPS) is 17.6. The van der Waals surface area contributed by atoms with E-state index < -0.39 is 35.4 Å². The topological polar surface area (TPSA) is 94.4 Å². The first-order chi connectivity index (χ1) is 14.2. The highest BCUT2D eigenvalue weighted by Crippen LogP contribution is 2.38. The van der Waals surface area contributed by atoms with Crippen molar-refractivity contribution in [2.75, 3.05) is 13.6 Å². The number of benzene rings is 1. The van der Waals surface area contributed by atoms with Gasteiger partial charge >= 0.3 is 6.18 Å². The van der Waals surface area contributed by atoms with Gasteiger partial charge in [0.1, 0.15) is 23.2 Å². The number of allylic oxidation sites excluding steroid dienone is 1. The number of hydrogen-bond acceptors (Lipinski definition) is 5. The Morgan fingerprint density at radius 3 is 2.83 bits per heavy atom. The molecular weight excluding hydrogens is 408 g/mol. The van der Waals surface area contributed by atoms with Crippen LogP contribution >= 0.6 is 0 Å². The van der Waals surface area contributed by atoms with E-state index in [9.17, 15) is 27.5 Å². The first kappa shape index (κ1) is 19.8. The van der Waals surface area contributed by atoms with Crippen molar-refractivity contribution >= 4 is 16.9 Å². The molecule has 0 fully saturated rings. The van der Waals surface area contributed by atoms with Gasteiger partial charge in [0.15, 0.2) is 5.70 Å². The van der Waals surface area contributed by atoms with Crippen molar-refractivity contribution in [1.82, 2.24) is 20.2 Å². The third kappa shape index (κ3) is 3.15. The molecule has 3 aromatic rings. The van der Waals surface area contributed by atoms with Gasteiger partial charge in [-0.05, 0) is 18.2 Å². The van der Waals surface area contributed by atoms with Gasteiger partial charge in [0.05, 0.1) is 17.4 Å². The summed E-state index contributed by atoms with van der Waals surface area (Å²) in [5.74, 6) is -3.16. The molecule has 1 atom stereocenters. The summed E-state index contributed by atoms with van der Waals surface area (Å²) in [6, 6.07) is 4.55. The molecular formula is C19H16F4N4O3. The average molecular weight is 424 g/mol. The largest absolute Gasteiger partial charge is 0.502 e. The molecule has 158 valence electrons. The zero-order valence-electron chi connectivity index (χ0n) is 15.5. The molecule has 11 heteroatoms. The standard InChI is InChI=1S/C19H16F4N4O3/c1-24-17(19(21,22)23)16(28)18(29)27-6-5-11-14(26-8-25-11)15(27)13-7-9-10(20)3-2-4-12(9)30-13/h2-4,7-8,15,24,28H,5-6H2,1H3,(H,25,26)/b17-16-/t15-/m0/s1. The number of H-pyrrole nitrogens is 1. The Labute approximate surface area is 167 Å². The summed E-state index contributed by atoms with van der Waals surface area (Å²) in [5.41, 5.74) is -0.334. The maximum Gasteiger partial charge on any atom is 0.434 e. The van der Waals surface area contributed by atoms with Crippen LogP contribution in [0.25, 0.3) is 11.0 Å². The molecule has 4 rings (SSSR count). The van der Waals surface area contributed by atoms with Gasteiger partial charge < -0.3 is 24.7 Å². The summed E-state index contributed by atoms with van der Waals surface area (Å²) in [5, 5.41) is 12.1. The van der Waals surface area contributed by atoms with E-state index in [-0.39, 0.29) is 29.7 Å². The quantitative estimate of drug-likeness (QED) is 0.341. The lowest BCUT2D eigenvalue weighted by atomic mass is 9.99. The molecule has 0 unspecified atom stereocenters. The van der Waals surface area contributed by atoms with Gasteiger partial charge in [-0.2, -0.15) is 13.2 Å². The van der Waals surface area contributed by atoms with Gasteiger partial charge in [-0.15, -0.1) is 0 Å². The molecule has 0 aliphatic carbocycles. The molecule has 1 aromatic carbocycles. The number of alkyl halides is 3. The molecule has 1 aliphatic heterocycles. The number of aliphatic hydroxyl groups is 1. The number of aliphatic hydroxyl groups excluding tert-OH is 1. The summed E-state index contributed by atoms with van der Waals surface area (Å²) in [4.78, 5) is 21.0. The summed E-state index contributed by atoms with van der Waals surface area (Å²) in [7, 11) is 0.952. The fourth-order valence-electron chi connectivity index (χ4n) is 3.60. The molecule has 0 spiro atoms. The number of rotatable bonds is 3. The minimum absolute atomic E-state index is 0.0167. The zero-order valence-corrected chi connectivity index (χ0v) is 15.5. The molecule has 3 N–H and O–H groups in total. The third-order valence-electron chi connectivity index (χ3n) is 4.96. The predicted molar refractivity (Wildman–Crippen MR) is 96.8 cm³/mol. The van der Waals surface area contributed by atoms with Crippen molar-refractivity contribution in [3.63, 3.8) is 0 Å². The van der Waals surface area contributed by atoms with Crippen LogP contribution in [0.4, 0.5) is 17.6 Å². The van der Waals surface area contributed by atoms with E-state index in [0.717, 1.165) is 11.9 Å². The Morgan fingerprint density at radius 1 is 1.40 bits per heavy atom. The Morgan fingerprint density at radius 2 is 2.17 bits per heavy atom. The van der Waals surface area contributed by atoms with Gasteiger partial charge in [-0.1, -0.05) is 6.07 Å². The molecule has 1 amide bonds. The summed E-state index contributed by atoms with van der Waals surface area (Å²) in [6.07, 6.45) is -3.29. The fourth-order valence-corrected chi connectivity index (χ4v) is 3.60. The molecule has 0 saturated heterocycles. The van der Waals surface area contributed by atoms with E-state index in [4.69, 9.17) is 4.42 Å². The number of aromatic amines is 1. The molecule has 2 aromatic heterocycles. The highest BCUT2D eigenvalue weighted by molar-refractivity contribution is 5.92. The second kappa shape index (κ2) is 7.08. The fraction of sp³-hybridized carbons (Fsp3) is 0.263. The van der Waals surface area contributed by atoms with Crippen LogP contribution in [0.2, 0.25) is 0 Å². The van der Waals surface area contributed by atoms with E-state index >= 15 is 0 Å². The number of furan rings is 1. The number of nitrogens with zero attached hydrogens (tertiary/aromatic N) is 2. The average Bonchev–Trinajstić information content (AvgIpc) is 3.33. The molecule has 0 radical (unpaired) electrons. The van der Waals surface area contributed by atoms with Crippen molar-refractivity contribution in [1.29, 1.82) is 0 Å². The molecule has 3 heterocycles. The van der Waals surface area contributed by atoms with E-state index in [2.05, 4.69) is 9.97 Å². The van der Waals surface area contributed by atoms with Crippen molar-refractivity contribution in [3.8, 4) is 0 Å². The number of nitrogens with one attached hydrogen (secondary N) is 2. The lowest BCUT2D eigenvalue weighted by molar-refractivity contribution is -0.135. The predicted octanol–water partition coefficient (Wildman–Crippen LogP) is 3.32. The summed E-state index contributed by atoms with van der Waals surface area (Å²) < 4.78 is 59.3. The zero-order chi connectivity index (χ0) is 21.6. The van der Waals surface area contributed by atoms with Crippen LogP contribution in [0.3, 0.4) is 0 Å². The maximum absolute atomic E-state index is 14.1. The molecule has 1 aliphatic rings. The minimum Gasteiger partial charge on any atom is -0.502 e. The van der Waals surface area contributed by atoms with Crippen LogP contribution in [0, 0.1) is 5.82 Å². The first-order valence-electron chi connectivity index (χ1n) is 8.91. The van der Waals surface area contributed by atoms with E-state index in [1.54, 1.807) is 0 Å². The second-order valence-electron chi connectivity index (χ2n) is 6.69. The van der Waals surface area contributed by atoms with Gasteiger partial charge in [0.25, 0.3) is 5.91 Å². The Hall–Kier alpha value is -3.50. The van der Waals surface area contributed by atoms with Crippen LogP contribution < -0.4 is 5.32 Å².